The maximum absolute atomic E-state index is 14.0. The van der Waals surface area contributed by atoms with E-state index in [0.29, 0.717) is 17.9 Å². The molecular formula is C21H23F3N2O4S. The van der Waals surface area contributed by atoms with Crippen molar-refractivity contribution in [1.82, 2.24) is 5.32 Å². The Bertz CT molecular complexity index is 1050. The predicted molar refractivity (Wildman–Crippen MR) is 113 cm³/mol. The maximum Gasteiger partial charge on any atom is 0.244 e. The number of benzene rings is 2. The van der Waals surface area contributed by atoms with Gasteiger partial charge in [0.15, 0.2) is 11.6 Å². The lowest BCUT2D eigenvalue weighted by Gasteiger charge is -2.10. The number of carbonyl (C=O) groups excluding carboxylic acids is 1. The lowest BCUT2D eigenvalue weighted by Crippen LogP contribution is -2.23. The summed E-state index contributed by atoms with van der Waals surface area (Å²) in [6.07, 6.45) is 4.37. The largest absolute Gasteiger partial charge is 0.493 e. The van der Waals surface area contributed by atoms with Gasteiger partial charge in [0.2, 0.25) is 15.9 Å². The molecule has 6 nitrogen and oxygen atoms in total. The van der Waals surface area contributed by atoms with E-state index in [4.69, 9.17) is 4.74 Å². The van der Waals surface area contributed by atoms with Gasteiger partial charge in [-0.3, -0.25) is 9.52 Å². The van der Waals surface area contributed by atoms with Gasteiger partial charge in [0.05, 0.1) is 12.9 Å². The number of nitrogens with one attached hydrogen (secondary N) is 2. The van der Waals surface area contributed by atoms with Crippen LogP contribution < -0.4 is 14.8 Å². The SMILES string of the molecule is CCCOc1cc(F)ccc1C=CC(=O)NCCc1cc(F)c(NS(C)(=O)=O)c(F)c1. The zero-order valence-corrected chi connectivity index (χ0v) is 17.9. The highest BCUT2D eigenvalue weighted by molar-refractivity contribution is 7.92. The van der Waals surface area contributed by atoms with Crippen LogP contribution in [0.25, 0.3) is 6.08 Å². The molecule has 0 aliphatic heterocycles. The summed E-state index contributed by atoms with van der Waals surface area (Å²) >= 11 is 0. The van der Waals surface area contributed by atoms with Gasteiger partial charge in [-0.2, -0.15) is 0 Å². The predicted octanol–water partition coefficient (Wildman–Crippen LogP) is 3.64. The molecule has 31 heavy (non-hydrogen) atoms. The maximum atomic E-state index is 14.0. The van der Waals surface area contributed by atoms with Crippen molar-refractivity contribution in [2.24, 2.45) is 0 Å². The number of hydrogen-bond acceptors (Lipinski definition) is 4. The van der Waals surface area contributed by atoms with E-state index in [1.54, 1.807) is 4.72 Å². The topological polar surface area (TPSA) is 84.5 Å². The van der Waals surface area contributed by atoms with E-state index >= 15 is 0 Å². The standard InChI is InChI=1S/C21H23F3N2O4S/c1-3-10-30-19-13-16(22)6-4-15(19)5-7-20(27)25-9-8-14-11-17(23)21(18(24)12-14)26-31(2,28)29/h4-7,11-13,26H,3,8-10H2,1-2H3,(H,25,27). The summed E-state index contributed by atoms with van der Waals surface area (Å²) in [4.78, 5) is 12.0. The van der Waals surface area contributed by atoms with E-state index in [1.165, 1.54) is 30.4 Å². The number of anilines is 1. The van der Waals surface area contributed by atoms with E-state index in [9.17, 15) is 26.4 Å². The monoisotopic (exact) mass is 456 g/mol. The van der Waals surface area contributed by atoms with Crippen molar-refractivity contribution in [2.75, 3.05) is 24.1 Å². The summed E-state index contributed by atoms with van der Waals surface area (Å²) in [5.74, 6) is -2.70. The number of hydrogen-bond donors (Lipinski definition) is 2. The summed E-state index contributed by atoms with van der Waals surface area (Å²) in [6.45, 7) is 2.40. The zero-order valence-electron chi connectivity index (χ0n) is 17.0. The van der Waals surface area contributed by atoms with Crippen molar-refractivity contribution in [3.8, 4) is 5.75 Å². The van der Waals surface area contributed by atoms with Gasteiger partial charge in [-0.15, -0.1) is 0 Å². The van der Waals surface area contributed by atoms with E-state index in [-0.39, 0.29) is 18.5 Å². The third-order valence-electron chi connectivity index (χ3n) is 3.95. The van der Waals surface area contributed by atoms with Crippen molar-refractivity contribution >= 4 is 27.7 Å². The molecule has 2 aromatic carbocycles. The molecule has 0 heterocycles. The average Bonchev–Trinajstić information content (AvgIpc) is 2.67. The fraction of sp³-hybridized carbons (Fsp3) is 0.286. The second-order valence-electron chi connectivity index (χ2n) is 6.71. The zero-order chi connectivity index (χ0) is 23.0. The van der Waals surface area contributed by atoms with E-state index in [1.807, 2.05) is 6.92 Å². The molecule has 0 atom stereocenters. The van der Waals surface area contributed by atoms with Crippen LogP contribution >= 0.6 is 0 Å². The van der Waals surface area contributed by atoms with E-state index in [2.05, 4.69) is 5.32 Å². The molecular weight excluding hydrogens is 433 g/mol. The Balaban J connectivity index is 1.95. The first-order valence-corrected chi connectivity index (χ1v) is 11.3. The molecule has 2 rings (SSSR count). The Hall–Kier alpha value is -3.01. The third kappa shape index (κ3) is 7.97. The molecule has 0 aromatic heterocycles. The first-order valence-electron chi connectivity index (χ1n) is 9.43. The molecule has 168 valence electrons. The van der Waals surface area contributed by atoms with Crippen molar-refractivity contribution in [3.05, 3.63) is 65.0 Å². The van der Waals surface area contributed by atoms with Crippen LogP contribution in [0.1, 0.15) is 24.5 Å². The number of halogens is 3. The van der Waals surface area contributed by atoms with Crippen LogP contribution in [0, 0.1) is 17.5 Å². The van der Waals surface area contributed by atoms with E-state index in [0.717, 1.165) is 24.8 Å². The van der Waals surface area contributed by atoms with Crippen molar-refractivity contribution in [1.29, 1.82) is 0 Å². The Morgan fingerprint density at radius 3 is 2.42 bits per heavy atom. The van der Waals surface area contributed by atoms with Crippen molar-refractivity contribution in [2.45, 2.75) is 19.8 Å². The molecule has 0 fully saturated rings. The minimum absolute atomic E-state index is 0.0868. The van der Waals surface area contributed by atoms with Crippen LogP contribution in [0.15, 0.2) is 36.4 Å². The molecule has 2 N–H and O–H groups in total. The van der Waals surface area contributed by atoms with E-state index < -0.39 is 39.1 Å². The molecule has 0 unspecified atom stereocenters. The van der Waals surface area contributed by atoms with Crippen LogP contribution in [0.4, 0.5) is 18.9 Å². The summed E-state index contributed by atoms with van der Waals surface area (Å²) in [6, 6.07) is 5.96. The summed E-state index contributed by atoms with van der Waals surface area (Å²) in [5.41, 5.74) is 0.0221. The van der Waals surface area contributed by atoms with Crippen molar-refractivity contribution in [3.63, 3.8) is 0 Å². The highest BCUT2D eigenvalue weighted by Gasteiger charge is 2.15. The van der Waals surface area contributed by atoms with Gasteiger partial charge in [0.1, 0.15) is 17.3 Å². The summed E-state index contributed by atoms with van der Waals surface area (Å²) < 4.78 is 70.9. The Kier molecular flexibility index (Phi) is 8.49. The summed E-state index contributed by atoms with van der Waals surface area (Å²) in [5, 5.41) is 2.57. The molecule has 0 saturated carbocycles. The average molecular weight is 456 g/mol. The normalized spacial score (nSPS) is 11.5. The first kappa shape index (κ1) is 24.3. The molecule has 10 heteroatoms. The van der Waals surface area contributed by atoms with Gasteiger partial charge < -0.3 is 10.1 Å². The third-order valence-corrected chi connectivity index (χ3v) is 4.53. The van der Waals surface area contributed by atoms with Crippen LogP contribution in [0.2, 0.25) is 0 Å². The summed E-state index contributed by atoms with van der Waals surface area (Å²) in [7, 11) is -3.83. The number of rotatable bonds is 10. The number of carbonyl (C=O) groups is 1. The van der Waals surface area contributed by atoms with Gasteiger partial charge in [0, 0.05) is 24.3 Å². The number of amides is 1. The first-order chi connectivity index (χ1) is 14.6. The fourth-order valence-corrected chi connectivity index (χ4v) is 3.16. The van der Waals surface area contributed by atoms with Crippen LogP contribution in [0.5, 0.6) is 5.75 Å². The smallest absolute Gasteiger partial charge is 0.244 e. The molecule has 2 aromatic rings. The Morgan fingerprint density at radius 2 is 1.81 bits per heavy atom. The van der Waals surface area contributed by atoms with Crippen LogP contribution in [-0.2, 0) is 21.2 Å². The minimum atomic E-state index is -3.83. The van der Waals surface area contributed by atoms with Crippen LogP contribution in [0.3, 0.4) is 0 Å². The molecule has 0 radical (unpaired) electrons. The van der Waals surface area contributed by atoms with Gasteiger partial charge in [0.25, 0.3) is 0 Å². The molecule has 0 aliphatic rings. The lowest BCUT2D eigenvalue weighted by molar-refractivity contribution is -0.116. The molecule has 0 saturated heterocycles. The molecule has 1 amide bonds. The van der Waals surface area contributed by atoms with Crippen LogP contribution in [-0.4, -0.2) is 33.7 Å². The second kappa shape index (κ2) is 10.9. The molecule has 0 bridgehead atoms. The number of sulfonamides is 1. The highest BCUT2D eigenvalue weighted by Crippen LogP contribution is 2.23. The van der Waals surface area contributed by atoms with Gasteiger partial charge >= 0.3 is 0 Å². The Labute approximate surface area is 179 Å². The quantitative estimate of drug-likeness (QED) is 0.535. The number of ether oxygens (including phenoxy) is 1. The lowest BCUT2D eigenvalue weighted by atomic mass is 10.1. The van der Waals surface area contributed by atoms with Gasteiger partial charge in [-0.1, -0.05) is 6.92 Å². The Morgan fingerprint density at radius 1 is 1.13 bits per heavy atom. The van der Waals surface area contributed by atoms with Gasteiger partial charge in [-0.05, 0) is 48.7 Å². The molecule has 0 spiro atoms. The minimum Gasteiger partial charge on any atom is -0.493 e. The fourth-order valence-electron chi connectivity index (χ4n) is 2.59. The second-order valence-corrected chi connectivity index (χ2v) is 8.46. The van der Waals surface area contributed by atoms with Crippen molar-refractivity contribution < 1.29 is 31.1 Å². The highest BCUT2D eigenvalue weighted by atomic mass is 32.2. The van der Waals surface area contributed by atoms with Gasteiger partial charge in [-0.25, -0.2) is 21.6 Å². The molecule has 0 aliphatic carbocycles.